The molecule has 480 valence electrons. The number of esters is 2. The van der Waals surface area contributed by atoms with Crippen LogP contribution in [0.25, 0.3) is 0 Å². The van der Waals surface area contributed by atoms with Crippen LogP contribution in [0.2, 0.25) is 0 Å². The standard InChI is InChI=1S/C77H142O5/c1-3-5-7-9-11-13-15-17-19-21-23-25-27-29-31-33-34-35-36-37-38-39-40-41-42-44-46-48-50-52-54-56-58-60-62-64-66-68-70-72-77(80)82-75(73-78)74-81-76(79)71-69-67-65-63-61-59-57-55-53-51-49-47-45-43-32-30-28-26-24-22-20-18-16-14-12-10-8-6-4-2/h5,7,11,13,17,19,23,25,29,31,75,78H,3-4,6,8-10,12,14-16,18,20-22,24,26-28,30,32-74H2,1-2H3/b7-5-,13-11-,19-17-,25-23-,31-29-. The van der Waals surface area contributed by atoms with Crippen LogP contribution in [0.1, 0.15) is 399 Å². The molecule has 0 aliphatic rings. The predicted molar refractivity (Wildman–Crippen MR) is 362 cm³/mol. The lowest BCUT2D eigenvalue weighted by Gasteiger charge is -2.15. The van der Waals surface area contributed by atoms with E-state index in [0.29, 0.717) is 12.8 Å². The number of carbonyl (C=O) groups excluding carboxylic acids is 2. The molecule has 0 heterocycles. The zero-order valence-electron chi connectivity index (χ0n) is 55.3. The van der Waals surface area contributed by atoms with Crippen molar-refractivity contribution in [1.29, 1.82) is 0 Å². The number of aliphatic hydroxyl groups excluding tert-OH is 1. The Balaban J connectivity index is 3.38. The smallest absolute Gasteiger partial charge is 0.306 e. The van der Waals surface area contributed by atoms with E-state index in [1.54, 1.807) is 0 Å². The summed E-state index contributed by atoms with van der Waals surface area (Å²) in [5.41, 5.74) is 0. The van der Waals surface area contributed by atoms with Gasteiger partial charge in [-0.15, -0.1) is 0 Å². The van der Waals surface area contributed by atoms with Crippen molar-refractivity contribution in [3.05, 3.63) is 60.8 Å². The third-order valence-electron chi connectivity index (χ3n) is 16.8. The Hall–Kier alpha value is -2.40. The van der Waals surface area contributed by atoms with Crippen LogP contribution in [-0.2, 0) is 19.1 Å². The molecular formula is C77H142O5. The molecule has 5 heteroatoms. The minimum Gasteiger partial charge on any atom is -0.462 e. The number of aliphatic hydroxyl groups is 1. The van der Waals surface area contributed by atoms with E-state index < -0.39 is 6.10 Å². The topological polar surface area (TPSA) is 72.8 Å². The average molecular weight is 1150 g/mol. The van der Waals surface area contributed by atoms with E-state index in [4.69, 9.17) is 9.47 Å². The van der Waals surface area contributed by atoms with Gasteiger partial charge in [-0.05, 0) is 57.8 Å². The van der Waals surface area contributed by atoms with Gasteiger partial charge >= 0.3 is 11.9 Å². The quantitative estimate of drug-likeness (QED) is 0.0373. The van der Waals surface area contributed by atoms with E-state index in [9.17, 15) is 14.7 Å². The lowest BCUT2D eigenvalue weighted by atomic mass is 10.0. The molecule has 0 fully saturated rings. The molecule has 0 aromatic heterocycles. The minimum absolute atomic E-state index is 0.0591. The Morgan fingerprint density at radius 2 is 0.524 bits per heavy atom. The first-order valence-electron chi connectivity index (χ1n) is 36.8. The molecule has 0 saturated carbocycles. The van der Waals surface area contributed by atoms with Gasteiger partial charge in [0.2, 0.25) is 0 Å². The highest BCUT2D eigenvalue weighted by Gasteiger charge is 2.16. The molecule has 0 rings (SSSR count). The van der Waals surface area contributed by atoms with Gasteiger partial charge in [-0.2, -0.15) is 0 Å². The first-order chi connectivity index (χ1) is 40.6. The molecular weight excluding hydrogens is 1000 g/mol. The maximum Gasteiger partial charge on any atom is 0.306 e. The highest BCUT2D eigenvalue weighted by atomic mass is 16.6. The number of allylic oxidation sites excluding steroid dienone is 10. The highest BCUT2D eigenvalue weighted by molar-refractivity contribution is 5.70. The van der Waals surface area contributed by atoms with Gasteiger partial charge in [0.1, 0.15) is 6.61 Å². The molecule has 1 unspecified atom stereocenters. The van der Waals surface area contributed by atoms with Gasteiger partial charge in [0.05, 0.1) is 6.61 Å². The fraction of sp³-hybridized carbons (Fsp3) is 0.844. The number of hydrogen-bond acceptors (Lipinski definition) is 5. The molecule has 0 amide bonds. The summed E-state index contributed by atoms with van der Waals surface area (Å²) in [7, 11) is 0. The van der Waals surface area contributed by atoms with E-state index >= 15 is 0 Å². The summed E-state index contributed by atoms with van der Waals surface area (Å²) < 4.78 is 10.8. The van der Waals surface area contributed by atoms with Crippen molar-refractivity contribution in [2.24, 2.45) is 0 Å². The molecule has 0 spiro atoms. The Labute approximate surface area is 512 Å². The minimum atomic E-state index is -0.770. The SMILES string of the molecule is CC/C=C\C/C=C\C/C=C\C/C=C\C/C=C\CCCCCCCCCCCCCCCCCCCCCCCCCC(=O)OC(CO)COC(=O)CCCCCCCCCCCCCCCCCCCCCCCCCCCCCCC. The molecule has 0 aliphatic heterocycles. The average Bonchev–Trinajstić information content (AvgIpc) is 3.49. The van der Waals surface area contributed by atoms with Crippen molar-refractivity contribution < 1.29 is 24.2 Å². The van der Waals surface area contributed by atoms with Gasteiger partial charge in [0.25, 0.3) is 0 Å². The Bertz CT molecular complexity index is 1390. The zero-order valence-corrected chi connectivity index (χ0v) is 55.3. The third-order valence-corrected chi connectivity index (χ3v) is 16.8. The Morgan fingerprint density at radius 1 is 0.293 bits per heavy atom. The Morgan fingerprint density at radius 3 is 0.793 bits per heavy atom. The molecule has 0 bridgehead atoms. The van der Waals surface area contributed by atoms with Gasteiger partial charge in [-0.25, -0.2) is 0 Å². The molecule has 0 aliphatic carbocycles. The van der Waals surface area contributed by atoms with Crippen LogP contribution in [0, 0.1) is 0 Å². The van der Waals surface area contributed by atoms with Crippen molar-refractivity contribution in [3.63, 3.8) is 0 Å². The highest BCUT2D eigenvalue weighted by Crippen LogP contribution is 2.19. The Kier molecular flexibility index (Phi) is 70.7. The normalized spacial score (nSPS) is 12.5. The predicted octanol–water partition coefficient (Wildman–Crippen LogP) is 25.7. The van der Waals surface area contributed by atoms with Crippen LogP contribution in [0.4, 0.5) is 0 Å². The fourth-order valence-corrected chi connectivity index (χ4v) is 11.4. The lowest BCUT2D eigenvalue weighted by Crippen LogP contribution is -2.28. The van der Waals surface area contributed by atoms with E-state index in [0.717, 1.165) is 64.2 Å². The van der Waals surface area contributed by atoms with Gasteiger partial charge in [0, 0.05) is 12.8 Å². The molecule has 0 saturated heterocycles. The van der Waals surface area contributed by atoms with Crippen LogP contribution in [0.15, 0.2) is 60.8 Å². The maximum absolute atomic E-state index is 12.4. The number of hydrogen-bond donors (Lipinski definition) is 1. The fourth-order valence-electron chi connectivity index (χ4n) is 11.4. The molecule has 0 aromatic rings. The van der Waals surface area contributed by atoms with Crippen molar-refractivity contribution in [1.82, 2.24) is 0 Å². The van der Waals surface area contributed by atoms with Crippen LogP contribution in [0.5, 0.6) is 0 Å². The molecule has 1 N–H and O–H groups in total. The summed E-state index contributed by atoms with van der Waals surface area (Å²) in [6, 6.07) is 0. The molecule has 5 nitrogen and oxygen atoms in total. The van der Waals surface area contributed by atoms with Gasteiger partial charge in [-0.3, -0.25) is 9.59 Å². The van der Waals surface area contributed by atoms with Crippen LogP contribution < -0.4 is 0 Å². The van der Waals surface area contributed by atoms with Gasteiger partial charge < -0.3 is 14.6 Å². The van der Waals surface area contributed by atoms with Crippen molar-refractivity contribution >= 4 is 11.9 Å². The summed E-state index contributed by atoms with van der Waals surface area (Å²) >= 11 is 0. The first-order valence-corrected chi connectivity index (χ1v) is 36.8. The molecule has 0 radical (unpaired) electrons. The third kappa shape index (κ3) is 70.1. The second-order valence-electron chi connectivity index (χ2n) is 25.0. The first kappa shape index (κ1) is 79.6. The van der Waals surface area contributed by atoms with E-state index in [1.165, 1.54) is 308 Å². The monoisotopic (exact) mass is 1150 g/mol. The zero-order chi connectivity index (χ0) is 59.1. The van der Waals surface area contributed by atoms with E-state index in [1.807, 2.05) is 0 Å². The van der Waals surface area contributed by atoms with Crippen LogP contribution in [0.3, 0.4) is 0 Å². The van der Waals surface area contributed by atoms with Gasteiger partial charge in [-0.1, -0.05) is 389 Å². The summed E-state index contributed by atoms with van der Waals surface area (Å²) in [6.45, 7) is 4.09. The summed E-state index contributed by atoms with van der Waals surface area (Å²) in [5, 5.41) is 9.71. The summed E-state index contributed by atoms with van der Waals surface area (Å²) in [6.07, 6.45) is 100.0. The van der Waals surface area contributed by atoms with Gasteiger partial charge in [0.15, 0.2) is 6.10 Å². The maximum atomic E-state index is 12.4. The molecule has 0 aromatic carbocycles. The number of carbonyl (C=O) groups is 2. The largest absolute Gasteiger partial charge is 0.462 e. The molecule has 82 heavy (non-hydrogen) atoms. The van der Waals surface area contributed by atoms with Crippen LogP contribution in [-0.4, -0.2) is 36.4 Å². The summed E-state index contributed by atoms with van der Waals surface area (Å²) in [4.78, 5) is 24.7. The van der Waals surface area contributed by atoms with Crippen molar-refractivity contribution in [3.8, 4) is 0 Å². The number of unbranched alkanes of at least 4 members (excludes halogenated alkanes) is 51. The van der Waals surface area contributed by atoms with E-state index in [-0.39, 0.29) is 25.2 Å². The second-order valence-corrected chi connectivity index (χ2v) is 25.0. The van der Waals surface area contributed by atoms with Crippen LogP contribution >= 0.6 is 0 Å². The lowest BCUT2D eigenvalue weighted by molar-refractivity contribution is -0.161. The van der Waals surface area contributed by atoms with Crippen molar-refractivity contribution in [2.75, 3.05) is 13.2 Å². The number of ether oxygens (including phenoxy) is 2. The summed E-state index contributed by atoms with van der Waals surface area (Å²) in [5.74, 6) is -0.565. The second kappa shape index (κ2) is 72.9. The van der Waals surface area contributed by atoms with E-state index in [2.05, 4.69) is 74.6 Å². The van der Waals surface area contributed by atoms with Crippen molar-refractivity contribution in [2.45, 2.75) is 405 Å². The molecule has 1 atom stereocenters. The number of rotatable bonds is 69.